The summed E-state index contributed by atoms with van der Waals surface area (Å²) in [6.07, 6.45) is 0. The van der Waals surface area contributed by atoms with Crippen LogP contribution in [0.25, 0.3) is 17.1 Å². The molecule has 0 unspecified atom stereocenters. The van der Waals surface area contributed by atoms with Crippen LogP contribution in [0.15, 0.2) is 78.0 Å². The van der Waals surface area contributed by atoms with Gasteiger partial charge >= 0.3 is 0 Å². The first-order chi connectivity index (χ1) is 13.6. The average Bonchev–Trinajstić information content (AvgIpc) is 3.13. The molecular formula is C21H14F3N3S. The molecule has 1 aromatic heterocycles. The van der Waals surface area contributed by atoms with Crippen LogP contribution < -0.4 is 0 Å². The Hall–Kier alpha value is -3.06. The van der Waals surface area contributed by atoms with Crippen LogP contribution in [-0.4, -0.2) is 14.8 Å². The van der Waals surface area contributed by atoms with Gasteiger partial charge in [-0.3, -0.25) is 4.57 Å². The predicted octanol–water partition coefficient (Wildman–Crippen LogP) is 5.64. The molecule has 1 heterocycles. The molecule has 0 aliphatic heterocycles. The molecule has 0 aliphatic carbocycles. The quantitative estimate of drug-likeness (QED) is 0.408. The molecule has 28 heavy (non-hydrogen) atoms. The molecule has 0 aliphatic rings. The van der Waals surface area contributed by atoms with Crippen molar-refractivity contribution in [2.75, 3.05) is 0 Å². The second kappa shape index (κ2) is 7.90. The minimum atomic E-state index is -0.506. The average molecular weight is 397 g/mol. The van der Waals surface area contributed by atoms with Crippen LogP contribution >= 0.6 is 11.8 Å². The van der Waals surface area contributed by atoms with Crippen molar-refractivity contribution < 1.29 is 13.2 Å². The van der Waals surface area contributed by atoms with E-state index in [0.717, 1.165) is 23.9 Å². The van der Waals surface area contributed by atoms with Gasteiger partial charge in [-0.1, -0.05) is 42.1 Å². The van der Waals surface area contributed by atoms with Crippen molar-refractivity contribution in [2.45, 2.75) is 10.9 Å². The van der Waals surface area contributed by atoms with Gasteiger partial charge in [0.15, 0.2) is 11.0 Å². The number of rotatable bonds is 5. The Kier molecular flexibility index (Phi) is 5.16. The van der Waals surface area contributed by atoms with E-state index in [-0.39, 0.29) is 11.3 Å². The van der Waals surface area contributed by atoms with Gasteiger partial charge in [0, 0.05) is 17.0 Å². The van der Waals surface area contributed by atoms with E-state index < -0.39 is 17.5 Å². The summed E-state index contributed by atoms with van der Waals surface area (Å²) in [6.45, 7) is 0. The van der Waals surface area contributed by atoms with Crippen molar-refractivity contribution in [3.8, 4) is 17.1 Å². The number of para-hydroxylation sites is 1. The molecular weight excluding hydrogens is 383 g/mol. The fourth-order valence-corrected chi connectivity index (χ4v) is 3.71. The lowest BCUT2D eigenvalue weighted by atomic mass is 10.2. The fraction of sp³-hybridized carbons (Fsp3) is 0.0476. The molecule has 0 N–H and O–H groups in total. The first-order valence-electron chi connectivity index (χ1n) is 8.46. The van der Waals surface area contributed by atoms with Crippen LogP contribution in [0, 0.1) is 17.5 Å². The minimum Gasteiger partial charge on any atom is -0.270 e. The molecule has 0 saturated carbocycles. The third-order valence-corrected chi connectivity index (χ3v) is 5.10. The highest BCUT2D eigenvalue weighted by atomic mass is 32.2. The Bertz CT molecular complexity index is 1110. The molecule has 4 rings (SSSR count). The Morgan fingerprint density at radius 1 is 0.786 bits per heavy atom. The molecule has 7 heteroatoms. The molecule has 0 fully saturated rings. The van der Waals surface area contributed by atoms with Crippen LogP contribution in [0.1, 0.15) is 5.56 Å². The highest BCUT2D eigenvalue weighted by molar-refractivity contribution is 7.98. The summed E-state index contributed by atoms with van der Waals surface area (Å²) in [5, 5.41) is 8.78. The standard InChI is InChI=1S/C21H14F3N3S/c22-15-10-11-18(23)14(12-15)13-28-21-26-25-20(17-8-4-5-9-19(17)24)27(21)16-6-2-1-3-7-16/h1-12H,13H2. The predicted molar refractivity (Wildman–Crippen MR) is 103 cm³/mol. The number of halogens is 3. The van der Waals surface area contributed by atoms with Gasteiger partial charge in [-0.25, -0.2) is 13.2 Å². The first-order valence-corrected chi connectivity index (χ1v) is 9.44. The summed E-state index contributed by atoms with van der Waals surface area (Å²) in [7, 11) is 0. The summed E-state index contributed by atoms with van der Waals surface area (Å²) < 4.78 is 43.4. The van der Waals surface area contributed by atoms with Gasteiger partial charge in [-0.2, -0.15) is 0 Å². The van der Waals surface area contributed by atoms with Gasteiger partial charge in [-0.05, 0) is 42.5 Å². The second-order valence-electron chi connectivity index (χ2n) is 5.98. The van der Waals surface area contributed by atoms with Crippen molar-refractivity contribution in [1.82, 2.24) is 14.8 Å². The topological polar surface area (TPSA) is 30.7 Å². The SMILES string of the molecule is Fc1ccc(F)c(CSc2nnc(-c3ccccc3F)n2-c2ccccc2)c1. The van der Waals surface area contributed by atoms with E-state index >= 15 is 0 Å². The van der Waals surface area contributed by atoms with E-state index in [1.807, 2.05) is 30.3 Å². The van der Waals surface area contributed by atoms with Crippen LogP contribution in [-0.2, 0) is 5.75 Å². The third kappa shape index (κ3) is 3.66. The highest BCUT2D eigenvalue weighted by Gasteiger charge is 2.19. The minimum absolute atomic E-state index is 0.159. The maximum absolute atomic E-state index is 14.3. The Morgan fingerprint density at radius 3 is 2.32 bits per heavy atom. The van der Waals surface area contributed by atoms with E-state index in [1.165, 1.54) is 17.8 Å². The summed E-state index contributed by atoms with van der Waals surface area (Å²) >= 11 is 1.20. The number of aromatic nitrogens is 3. The van der Waals surface area contributed by atoms with Crippen molar-refractivity contribution >= 4 is 11.8 Å². The van der Waals surface area contributed by atoms with E-state index in [2.05, 4.69) is 10.2 Å². The number of hydrogen-bond acceptors (Lipinski definition) is 3. The summed E-state index contributed by atoms with van der Waals surface area (Å²) in [4.78, 5) is 0. The van der Waals surface area contributed by atoms with Crippen molar-refractivity contribution in [2.24, 2.45) is 0 Å². The zero-order valence-corrected chi connectivity index (χ0v) is 15.3. The molecule has 0 spiro atoms. The van der Waals surface area contributed by atoms with Gasteiger partial charge in [0.25, 0.3) is 0 Å². The van der Waals surface area contributed by atoms with Gasteiger partial charge < -0.3 is 0 Å². The fourth-order valence-electron chi connectivity index (χ4n) is 2.79. The maximum atomic E-state index is 14.3. The Balaban J connectivity index is 1.76. The van der Waals surface area contributed by atoms with E-state index in [4.69, 9.17) is 0 Å². The molecule has 3 aromatic carbocycles. The van der Waals surface area contributed by atoms with Crippen LogP contribution in [0.3, 0.4) is 0 Å². The highest BCUT2D eigenvalue weighted by Crippen LogP contribution is 2.31. The molecule has 0 saturated heterocycles. The zero-order valence-electron chi connectivity index (χ0n) is 14.5. The molecule has 3 nitrogen and oxygen atoms in total. The first kappa shape index (κ1) is 18.3. The number of thioether (sulfide) groups is 1. The van der Waals surface area contributed by atoms with E-state index in [9.17, 15) is 13.2 Å². The normalized spacial score (nSPS) is 11.0. The summed E-state index contributed by atoms with van der Waals surface area (Å²) in [6, 6.07) is 18.9. The lowest BCUT2D eigenvalue weighted by Gasteiger charge is -2.11. The summed E-state index contributed by atoms with van der Waals surface area (Å²) in [5.41, 5.74) is 1.27. The number of benzene rings is 3. The molecule has 0 bridgehead atoms. The van der Waals surface area contributed by atoms with Crippen LogP contribution in [0.4, 0.5) is 13.2 Å². The van der Waals surface area contributed by atoms with Gasteiger partial charge in [0.05, 0.1) is 5.56 Å². The molecule has 0 radical (unpaired) electrons. The van der Waals surface area contributed by atoms with Crippen molar-refractivity contribution in [3.05, 3.63) is 95.8 Å². The van der Waals surface area contributed by atoms with E-state index in [0.29, 0.717) is 16.5 Å². The maximum Gasteiger partial charge on any atom is 0.196 e. The van der Waals surface area contributed by atoms with Crippen LogP contribution in [0.5, 0.6) is 0 Å². The van der Waals surface area contributed by atoms with Crippen molar-refractivity contribution in [3.63, 3.8) is 0 Å². The molecule has 4 aromatic rings. The molecule has 0 amide bonds. The summed E-state index contributed by atoms with van der Waals surface area (Å²) in [5.74, 6) is -0.917. The van der Waals surface area contributed by atoms with Crippen LogP contribution in [0.2, 0.25) is 0 Å². The Labute approximate surface area is 163 Å². The van der Waals surface area contributed by atoms with E-state index in [1.54, 1.807) is 22.8 Å². The second-order valence-corrected chi connectivity index (χ2v) is 6.92. The van der Waals surface area contributed by atoms with Gasteiger partial charge in [0.2, 0.25) is 0 Å². The van der Waals surface area contributed by atoms with Crippen molar-refractivity contribution in [1.29, 1.82) is 0 Å². The molecule has 0 atom stereocenters. The molecule has 140 valence electrons. The lowest BCUT2D eigenvalue weighted by Crippen LogP contribution is -2.01. The zero-order chi connectivity index (χ0) is 19.5. The van der Waals surface area contributed by atoms with Gasteiger partial charge in [-0.15, -0.1) is 10.2 Å². The number of nitrogens with zero attached hydrogens (tertiary/aromatic N) is 3. The van der Waals surface area contributed by atoms with Gasteiger partial charge in [0.1, 0.15) is 17.5 Å². The smallest absolute Gasteiger partial charge is 0.196 e. The Morgan fingerprint density at radius 2 is 1.54 bits per heavy atom. The third-order valence-electron chi connectivity index (χ3n) is 4.13. The largest absolute Gasteiger partial charge is 0.270 e. The number of hydrogen-bond donors (Lipinski definition) is 0. The monoisotopic (exact) mass is 397 g/mol. The lowest BCUT2D eigenvalue weighted by molar-refractivity contribution is 0.591.